The molecule has 1 atom stereocenters. The molecule has 0 amide bonds. The van der Waals surface area contributed by atoms with E-state index in [4.69, 9.17) is 4.99 Å². The first kappa shape index (κ1) is 23.6. The van der Waals surface area contributed by atoms with Crippen LogP contribution in [0.25, 0.3) is 0 Å². The SMILES string of the molecule is CCNC(=NCc1ccccc1CN1CCCCC1C)NCc1ncnn1C.I. The van der Waals surface area contributed by atoms with Crippen LogP contribution in [0.1, 0.15) is 50.1 Å². The van der Waals surface area contributed by atoms with Gasteiger partial charge in [-0.25, -0.2) is 9.98 Å². The summed E-state index contributed by atoms with van der Waals surface area (Å²) in [5.41, 5.74) is 2.67. The summed E-state index contributed by atoms with van der Waals surface area (Å²) < 4.78 is 1.77. The maximum atomic E-state index is 4.80. The van der Waals surface area contributed by atoms with Crippen molar-refractivity contribution >= 4 is 29.9 Å². The van der Waals surface area contributed by atoms with Crippen molar-refractivity contribution in [1.29, 1.82) is 0 Å². The van der Waals surface area contributed by atoms with Gasteiger partial charge in [0.1, 0.15) is 12.2 Å². The van der Waals surface area contributed by atoms with Gasteiger partial charge in [0.05, 0.1) is 13.1 Å². The Kier molecular flexibility index (Phi) is 9.86. The fourth-order valence-electron chi connectivity index (χ4n) is 3.63. The number of hydrogen-bond donors (Lipinski definition) is 2. The number of rotatable bonds is 7. The van der Waals surface area contributed by atoms with Gasteiger partial charge in [-0.3, -0.25) is 9.58 Å². The Morgan fingerprint density at radius 1 is 1.21 bits per heavy atom. The van der Waals surface area contributed by atoms with E-state index in [1.165, 1.54) is 36.9 Å². The molecule has 2 heterocycles. The van der Waals surface area contributed by atoms with Gasteiger partial charge in [-0.1, -0.05) is 30.7 Å². The van der Waals surface area contributed by atoms with Crippen LogP contribution in [0.5, 0.6) is 0 Å². The largest absolute Gasteiger partial charge is 0.357 e. The normalized spacial score (nSPS) is 17.6. The molecule has 1 aliphatic rings. The Morgan fingerprint density at radius 2 is 2.00 bits per heavy atom. The Labute approximate surface area is 191 Å². The monoisotopic (exact) mass is 511 g/mol. The number of hydrogen-bond acceptors (Lipinski definition) is 4. The second kappa shape index (κ2) is 12.1. The van der Waals surface area contributed by atoms with E-state index in [0.29, 0.717) is 19.1 Å². The molecule has 0 spiro atoms. The highest BCUT2D eigenvalue weighted by atomic mass is 127. The predicted octanol–water partition coefficient (Wildman–Crippen LogP) is 3.06. The number of aliphatic imine (C=N–C) groups is 1. The van der Waals surface area contributed by atoms with E-state index in [1.807, 2.05) is 7.05 Å². The van der Waals surface area contributed by atoms with E-state index in [9.17, 15) is 0 Å². The van der Waals surface area contributed by atoms with Crippen LogP contribution in [0.3, 0.4) is 0 Å². The summed E-state index contributed by atoms with van der Waals surface area (Å²) in [6.07, 6.45) is 5.53. The molecule has 1 fully saturated rings. The van der Waals surface area contributed by atoms with E-state index >= 15 is 0 Å². The van der Waals surface area contributed by atoms with E-state index in [1.54, 1.807) is 11.0 Å². The van der Waals surface area contributed by atoms with E-state index in [-0.39, 0.29) is 24.0 Å². The summed E-state index contributed by atoms with van der Waals surface area (Å²) in [6.45, 7) is 8.70. The highest BCUT2D eigenvalue weighted by Gasteiger charge is 2.19. The minimum absolute atomic E-state index is 0. The molecule has 0 radical (unpaired) electrons. The molecule has 1 aliphatic heterocycles. The minimum atomic E-state index is 0. The molecule has 1 saturated heterocycles. The fourth-order valence-corrected chi connectivity index (χ4v) is 3.63. The molecule has 0 aliphatic carbocycles. The summed E-state index contributed by atoms with van der Waals surface area (Å²) in [7, 11) is 1.89. The Balaban J connectivity index is 0.00000300. The first-order valence-electron chi connectivity index (χ1n) is 10.3. The summed E-state index contributed by atoms with van der Waals surface area (Å²) in [5, 5.41) is 10.8. The zero-order valence-corrected chi connectivity index (χ0v) is 20.1. The number of aryl methyl sites for hydroxylation is 1. The number of nitrogens with one attached hydrogen (secondary N) is 2. The van der Waals surface area contributed by atoms with Gasteiger partial charge in [0, 0.05) is 26.2 Å². The van der Waals surface area contributed by atoms with Crippen molar-refractivity contribution in [2.75, 3.05) is 13.1 Å². The molecule has 1 aromatic heterocycles. The Hall–Kier alpha value is -1.68. The maximum Gasteiger partial charge on any atom is 0.191 e. The molecule has 1 aromatic carbocycles. The molecule has 0 bridgehead atoms. The van der Waals surface area contributed by atoms with Crippen LogP contribution in [0, 0.1) is 0 Å². The lowest BCUT2D eigenvalue weighted by Crippen LogP contribution is -2.37. The molecule has 2 aromatic rings. The highest BCUT2D eigenvalue weighted by Crippen LogP contribution is 2.21. The van der Waals surface area contributed by atoms with Gasteiger partial charge in [0.25, 0.3) is 0 Å². The third kappa shape index (κ3) is 6.95. The van der Waals surface area contributed by atoms with Crippen LogP contribution < -0.4 is 10.6 Å². The molecule has 2 N–H and O–H groups in total. The molecule has 8 heteroatoms. The van der Waals surface area contributed by atoms with Gasteiger partial charge in [-0.15, -0.1) is 24.0 Å². The molecule has 29 heavy (non-hydrogen) atoms. The molecule has 7 nitrogen and oxygen atoms in total. The third-order valence-electron chi connectivity index (χ3n) is 5.40. The average Bonchev–Trinajstić information content (AvgIpc) is 3.11. The van der Waals surface area contributed by atoms with E-state index in [0.717, 1.165) is 24.9 Å². The summed E-state index contributed by atoms with van der Waals surface area (Å²) in [5.74, 6) is 1.68. The molecule has 3 rings (SSSR count). The lowest BCUT2D eigenvalue weighted by molar-refractivity contribution is 0.152. The van der Waals surface area contributed by atoms with Crippen LogP contribution in [0.15, 0.2) is 35.6 Å². The maximum absolute atomic E-state index is 4.80. The van der Waals surface area contributed by atoms with Gasteiger partial charge in [0.15, 0.2) is 5.96 Å². The number of nitrogens with zero attached hydrogens (tertiary/aromatic N) is 5. The first-order chi connectivity index (χ1) is 13.7. The van der Waals surface area contributed by atoms with Gasteiger partial charge in [-0.05, 0) is 44.4 Å². The topological polar surface area (TPSA) is 70.4 Å². The lowest BCUT2D eigenvalue weighted by Gasteiger charge is -2.33. The van der Waals surface area contributed by atoms with E-state index < -0.39 is 0 Å². The number of benzene rings is 1. The molecule has 0 saturated carbocycles. The van der Waals surface area contributed by atoms with Gasteiger partial charge in [-0.2, -0.15) is 5.10 Å². The zero-order chi connectivity index (χ0) is 19.8. The first-order valence-corrected chi connectivity index (χ1v) is 10.3. The van der Waals surface area contributed by atoms with Crippen molar-refractivity contribution in [2.24, 2.45) is 12.0 Å². The Bertz CT molecular complexity index is 774. The fraction of sp³-hybridized carbons (Fsp3) is 0.571. The molecular formula is C21H34IN7. The molecule has 160 valence electrons. The molecule has 1 unspecified atom stereocenters. The van der Waals surface area contributed by atoms with Crippen molar-refractivity contribution in [3.63, 3.8) is 0 Å². The van der Waals surface area contributed by atoms with Crippen molar-refractivity contribution in [2.45, 2.75) is 58.8 Å². The van der Waals surface area contributed by atoms with Crippen LogP contribution in [0.2, 0.25) is 0 Å². The number of halogens is 1. The van der Waals surface area contributed by atoms with Crippen LogP contribution in [-0.2, 0) is 26.7 Å². The summed E-state index contributed by atoms with van der Waals surface area (Å²) >= 11 is 0. The highest BCUT2D eigenvalue weighted by molar-refractivity contribution is 14.0. The van der Waals surface area contributed by atoms with Gasteiger partial charge in [0.2, 0.25) is 0 Å². The summed E-state index contributed by atoms with van der Waals surface area (Å²) in [4.78, 5) is 11.7. The standard InChI is InChI=1S/C21H33N7.HI/c1-4-22-21(24-14-20-25-16-26-27(20)3)23-13-18-10-5-6-11-19(18)15-28-12-8-7-9-17(28)2;/h5-6,10-11,16-17H,4,7-9,12-15H2,1-3H3,(H2,22,23,24);1H. The van der Waals surface area contributed by atoms with Crippen molar-refractivity contribution in [1.82, 2.24) is 30.3 Å². The summed E-state index contributed by atoms with van der Waals surface area (Å²) in [6, 6.07) is 9.34. The van der Waals surface area contributed by atoms with Gasteiger partial charge < -0.3 is 10.6 Å². The lowest BCUT2D eigenvalue weighted by atomic mass is 10.0. The van der Waals surface area contributed by atoms with E-state index in [2.05, 4.69) is 63.7 Å². The molecular weight excluding hydrogens is 477 g/mol. The average molecular weight is 511 g/mol. The number of aromatic nitrogens is 3. The van der Waals surface area contributed by atoms with Crippen LogP contribution >= 0.6 is 24.0 Å². The minimum Gasteiger partial charge on any atom is -0.357 e. The van der Waals surface area contributed by atoms with Crippen LogP contribution in [0.4, 0.5) is 0 Å². The Morgan fingerprint density at radius 3 is 2.69 bits per heavy atom. The smallest absolute Gasteiger partial charge is 0.191 e. The second-order valence-corrected chi connectivity index (χ2v) is 7.43. The van der Waals surface area contributed by atoms with Crippen molar-refractivity contribution < 1.29 is 0 Å². The number of likely N-dealkylation sites (tertiary alicyclic amines) is 1. The van der Waals surface area contributed by atoms with Gasteiger partial charge >= 0.3 is 0 Å². The number of piperidine rings is 1. The predicted molar refractivity (Wildman–Crippen MR) is 128 cm³/mol. The second-order valence-electron chi connectivity index (χ2n) is 7.43. The number of guanidine groups is 1. The zero-order valence-electron chi connectivity index (χ0n) is 17.8. The quantitative estimate of drug-likeness (QED) is 0.340. The van der Waals surface area contributed by atoms with Crippen molar-refractivity contribution in [3.8, 4) is 0 Å². The van der Waals surface area contributed by atoms with Crippen molar-refractivity contribution in [3.05, 3.63) is 47.5 Å². The third-order valence-corrected chi connectivity index (χ3v) is 5.40. The van der Waals surface area contributed by atoms with Crippen LogP contribution in [-0.4, -0.2) is 44.8 Å².